The Kier molecular flexibility index (Phi) is 4.78. The second-order valence-electron chi connectivity index (χ2n) is 5.80. The van der Waals surface area contributed by atoms with Crippen molar-refractivity contribution in [3.05, 3.63) is 12.2 Å². The van der Waals surface area contributed by atoms with Crippen molar-refractivity contribution in [1.29, 1.82) is 0 Å². The summed E-state index contributed by atoms with van der Waals surface area (Å²) in [7, 11) is 1.82. The van der Waals surface area contributed by atoms with Crippen LogP contribution in [0, 0.1) is 23.7 Å². The standard InChI is InChI=1S/C15H23NO3S/c1-4-11(8-20-3)16(2)14(17)12-9-5-6-10(7-9)13(12)15(18)19/h5-6,9-13H,4,7-8H2,1-3H3,(H,18,19)/t9?,10?,11?,12-,13+/m0/s1. The summed E-state index contributed by atoms with van der Waals surface area (Å²) >= 11 is 1.72. The number of fused-ring (bicyclic) bond motifs is 2. The molecule has 0 radical (unpaired) electrons. The van der Waals surface area contributed by atoms with Crippen LogP contribution in [-0.4, -0.2) is 47.0 Å². The molecule has 0 heterocycles. The third kappa shape index (κ3) is 2.60. The van der Waals surface area contributed by atoms with Crippen LogP contribution in [0.1, 0.15) is 19.8 Å². The monoisotopic (exact) mass is 297 g/mol. The van der Waals surface area contributed by atoms with Gasteiger partial charge in [-0.15, -0.1) is 0 Å². The molecule has 1 fully saturated rings. The Bertz CT molecular complexity index is 423. The molecule has 1 amide bonds. The van der Waals surface area contributed by atoms with Crippen molar-refractivity contribution in [2.45, 2.75) is 25.8 Å². The van der Waals surface area contributed by atoms with E-state index in [0.717, 1.165) is 18.6 Å². The first-order valence-corrected chi connectivity index (χ1v) is 8.57. The van der Waals surface area contributed by atoms with Gasteiger partial charge in [0.15, 0.2) is 0 Å². The molecule has 0 aromatic rings. The average molecular weight is 297 g/mol. The molecule has 5 heteroatoms. The minimum Gasteiger partial charge on any atom is -0.481 e. The lowest BCUT2D eigenvalue weighted by atomic mass is 9.82. The number of hydrogen-bond acceptors (Lipinski definition) is 3. The zero-order valence-electron chi connectivity index (χ0n) is 12.3. The van der Waals surface area contributed by atoms with Gasteiger partial charge in [-0.3, -0.25) is 9.59 Å². The Balaban J connectivity index is 2.15. The lowest BCUT2D eigenvalue weighted by molar-refractivity contribution is -0.151. The molecule has 4 nitrogen and oxygen atoms in total. The SMILES string of the molecule is CCC(CSC)N(C)C(=O)[C@H]1C2C=CC(C2)[C@H]1C(=O)O. The molecule has 112 valence electrons. The van der Waals surface area contributed by atoms with Crippen LogP contribution in [0.4, 0.5) is 0 Å². The molecule has 2 aliphatic rings. The number of aliphatic carboxylic acids is 1. The molecule has 1 N–H and O–H groups in total. The molecule has 0 saturated heterocycles. The van der Waals surface area contributed by atoms with Crippen LogP contribution in [0.3, 0.4) is 0 Å². The molecule has 2 rings (SSSR count). The second kappa shape index (κ2) is 6.20. The Labute approximate surface area is 124 Å². The Morgan fingerprint density at radius 1 is 1.35 bits per heavy atom. The van der Waals surface area contributed by atoms with E-state index in [1.54, 1.807) is 16.7 Å². The van der Waals surface area contributed by atoms with Gasteiger partial charge in [0.05, 0.1) is 11.8 Å². The van der Waals surface area contributed by atoms with Crippen LogP contribution in [0.2, 0.25) is 0 Å². The third-order valence-corrected chi connectivity index (χ3v) is 5.47. The highest BCUT2D eigenvalue weighted by Crippen LogP contribution is 2.48. The van der Waals surface area contributed by atoms with E-state index < -0.39 is 11.9 Å². The van der Waals surface area contributed by atoms with E-state index in [2.05, 4.69) is 6.92 Å². The quantitative estimate of drug-likeness (QED) is 0.763. The van der Waals surface area contributed by atoms with Crippen molar-refractivity contribution < 1.29 is 14.7 Å². The van der Waals surface area contributed by atoms with Crippen molar-refractivity contribution >= 4 is 23.6 Å². The molecule has 2 bridgehead atoms. The van der Waals surface area contributed by atoms with Crippen molar-refractivity contribution in [3.8, 4) is 0 Å². The van der Waals surface area contributed by atoms with Crippen LogP contribution >= 0.6 is 11.8 Å². The first-order chi connectivity index (χ1) is 9.51. The molecule has 3 unspecified atom stereocenters. The third-order valence-electron chi connectivity index (χ3n) is 4.76. The predicted molar refractivity (Wildman–Crippen MR) is 80.6 cm³/mol. The minimum absolute atomic E-state index is 0.00940. The van der Waals surface area contributed by atoms with Crippen molar-refractivity contribution in [3.63, 3.8) is 0 Å². The summed E-state index contributed by atoms with van der Waals surface area (Å²) in [5.41, 5.74) is 0. The maximum Gasteiger partial charge on any atom is 0.307 e. The van der Waals surface area contributed by atoms with Gasteiger partial charge in [-0.2, -0.15) is 11.8 Å². The maximum atomic E-state index is 12.7. The predicted octanol–water partition coefficient (Wildman–Crippen LogP) is 2.11. The van der Waals surface area contributed by atoms with Crippen LogP contribution in [0.5, 0.6) is 0 Å². The summed E-state index contributed by atoms with van der Waals surface area (Å²) in [4.78, 5) is 26.0. The van der Waals surface area contributed by atoms with Gasteiger partial charge in [0.25, 0.3) is 0 Å². The molecule has 1 saturated carbocycles. The summed E-state index contributed by atoms with van der Waals surface area (Å²) in [6, 6.07) is 0.190. The lowest BCUT2D eigenvalue weighted by Crippen LogP contribution is -2.46. The number of carboxylic acid groups (broad SMARTS) is 1. The molecule has 5 atom stereocenters. The second-order valence-corrected chi connectivity index (χ2v) is 6.72. The van der Waals surface area contributed by atoms with E-state index in [9.17, 15) is 14.7 Å². The van der Waals surface area contributed by atoms with Crippen LogP contribution < -0.4 is 0 Å². The molecule has 0 spiro atoms. The first-order valence-electron chi connectivity index (χ1n) is 7.18. The average Bonchev–Trinajstić information content (AvgIpc) is 3.03. The van der Waals surface area contributed by atoms with Crippen molar-refractivity contribution in [2.24, 2.45) is 23.7 Å². The van der Waals surface area contributed by atoms with E-state index in [1.807, 2.05) is 25.5 Å². The molecule has 0 aromatic carbocycles. The van der Waals surface area contributed by atoms with E-state index in [0.29, 0.717) is 0 Å². The van der Waals surface area contributed by atoms with Gasteiger partial charge in [-0.25, -0.2) is 0 Å². The fourth-order valence-electron chi connectivity index (χ4n) is 3.61. The van der Waals surface area contributed by atoms with Crippen molar-refractivity contribution in [1.82, 2.24) is 4.90 Å². The van der Waals surface area contributed by atoms with Gasteiger partial charge in [0, 0.05) is 18.8 Å². The number of rotatable bonds is 6. The Morgan fingerprint density at radius 3 is 2.45 bits per heavy atom. The fourth-order valence-corrected chi connectivity index (χ4v) is 4.45. The van der Waals surface area contributed by atoms with Crippen molar-refractivity contribution in [2.75, 3.05) is 19.1 Å². The topological polar surface area (TPSA) is 57.6 Å². The van der Waals surface area contributed by atoms with Gasteiger partial charge in [-0.1, -0.05) is 19.1 Å². The number of carboxylic acids is 1. The summed E-state index contributed by atoms with van der Waals surface area (Å²) in [6.45, 7) is 2.07. The zero-order chi connectivity index (χ0) is 14.9. The Hall–Kier alpha value is -0.970. The first kappa shape index (κ1) is 15.4. The van der Waals surface area contributed by atoms with Crippen LogP contribution in [0.15, 0.2) is 12.2 Å². The van der Waals surface area contributed by atoms with Gasteiger partial charge >= 0.3 is 5.97 Å². The smallest absolute Gasteiger partial charge is 0.307 e. The van der Waals surface area contributed by atoms with E-state index in [-0.39, 0.29) is 29.7 Å². The summed E-state index contributed by atoms with van der Waals surface area (Å²) in [5, 5.41) is 9.43. The van der Waals surface area contributed by atoms with Gasteiger partial charge in [0.2, 0.25) is 5.91 Å². The Morgan fingerprint density at radius 2 is 1.95 bits per heavy atom. The number of amides is 1. The number of carbonyl (C=O) groups excluding carboxylic acids is 1. The van der Waals surface area contributed by atoms with Crippen LogP contribution in [-0.2, 0) is 9.59 Å². The molecule has 0 aromatic heterocycles. The van der Waals surface area contributed by atoms with Gasteiger partial charge in [0.1, 0.15) is 0 Å². The van der Waals surface area contributed by atoms with Gasteiger partial charge < -0.3 is 10.0 Å². The zero-order valence-corrected chi connectivity index (χ0v) is 13.1. The number of carbonyl (C=O) groups is 2. The highest BCUT2D eigenvalue weighted by molar-refractivity contribution is 7.98. The molecular weight excluding hydrogens is 274 g/mol. The normalized spacial score (nSPS) is 32.4. The molecule has 2 aliphatic carbocycles. The van der Waals surface area contributed by atoms with E-state index in [1.165, 1.54) is 0 Å². The summed E-state index contributed by atoms with van der Waals surface area (Å²) in [6.07, 6.45) is 7.77. The van der Waals surface area contributed by atoms with E-state index >= 15 is 0 Å². The summed E-state index contributed by atoms with van der Waals surface area (Å²) in [5.74, 6) is -0.673. The number of allylic oxidation sites excluding steroid dienone is 2. The molecule has 20 heavy (non-hydrogen) atoms. The minimum atomic E-state index is -0.827. The molecular formula is C15H23NO3S. The number of hydrogen-bond donors (Lipinski definition) is 1. The van der Waals surface area contributed by atoms with Crippen LogP contribution in [0.25, 0.3) is 0 Å². The largest absolute Gasteiger partial charge is 0.481 e. The maximum absolute atomic E-state index is 12.7. The highest BCUT2D eigenvalue weighted by Gasteiger charge is 2.52. The summed E-state index contributed by atoms with van der Waals surface area (Å²) < 4.78 is 0. The number of nitrogens with zero attached hydrogens (tertiary/aromatic N) is 1. The van der Waals surface area contributed by atoms with Gasteiger partial charge in [-0.05, 0) is 30.9 Å². The lowest BCUT2D eigenvalue weighted by Gasteiger charge is -2.33. The number of thioether (sulfide) groups is 1. The fraction of sp³-hybridized carbons (Fsp3) is 0.733. The van der Waals surface area contributed by atoms with E-state index in [4.69, 9.17) is 0 Å². The molecule has 0 aliphatic heterocycles. The highest BCUT2D eigenvalue weighted by atomic mass is 32.2.